The summed E-state index contributed by atoms with van der Waals surface area (Å²) in [4.78, 5) is 44.2. The highest BCUT2D eigenvalue weighted by Crippen LogP contribution is 2.18. The molecule has 4 rings (SSSR count). The van der Waals surface area contributed by atoms with Crippen molar-refractivity contribution in [2.75, 3.05) is 13.1 Å². The third-order valence-electron chi connectivity index (χ3n) is 5.80. The second-order valence-electron chi connectivity index (χ2n) is 8.23. The van der Waals surface area contributed by atoms with Crippen LogP contribution in [0.1, 0.15) is 37.4 Å². The highest BCUT2D eigenvalue weighted by atomic mass is 35.5. The highest BCUT2D eigenvalue weighted by molar-refractivity contribution is 6.31. The number of nitrogens with zero attached hydrogens (tertiary/aromatic N) is 3. The predicted octanol–water partition coefficient (Wildman–Crippen LogP) is 3.58. The third-order valence-corrected chi connectivity index (χ3v) is 6.03. The van der Waals surface area contributed by atoms with Crippen LogP contribution in [0.5, 0.6) is 0 Å². The van der Waals surface area contributed by atoms with E-state index in [0.29, 0.717) is 35.7 Å². The van der Waals surface area contributed by atoms with Crippen LogP contribution in [0.2, 0.25) is 5.02 Å². The van der Waals surface area contributed by atoms with Gasteiger partial charge in [0, 0.05) is 24.5 Å². The Hall–Kier alpha value is -3.19. The summed E-state index contributed by atoms with van der Waals surface area (Å²) in [5.41, 5.74) is 2.23. The maximum atomic E-state index is 13.2. The standard InChI is InChI=1S/C25H26ClN3O4/c1-17(24(31)28-13-5-6-14-28)33-23(30)12-10-20-25(32)29(16-18-7-3-2-4-8-18)22-11-9-19(26)15-21(22)27-20/h2-4,7-9,11,15,17H,5-6,10,12-14,16H2,1H3/t17-/m0/s1. The summed E-state index contributed by atoms with van der Waals surface area (Å²) in [5, 5.41) is 0.513. The normalized spacial score (nSPS) is 14.4. The number of hydrogen-bond donors (Lipinski definition) is 0. The zero-order valence-corrected chi connectivity index (χ0v) is 19.3. The molecular formula is C25H26ClN3O4. The van der Waals surface area contributed by atoms with Crippen molar-refractivity contribution in [2.45, 2.75) is 45.3 Å². The fourth-order valence-electron chi connectivity index (χ4n) is 4.08. The van der Waals surface area contributed by atoms with Crippen LogP contribution >= 0.6 is 11.6 Å². The van der Waals surface area contributed by atoms with Crippen LogP contribution in [0.15, 0.2) is 53.3 Å². The number of aromatic nitrogens is 2. The van der Waals surface area contributed by atoms with E-state index in [1.807, 2.05) is 30.3 Å². The summed E-state index contributed by atoms with van der Waals surface area (Å²) < 4.78 is 6.98. The van der Waals surface area contributed by atoms with E-state index in [-0.39, 0.29) is 30.0 Å². The molecule has 1 atom stereocenters. The Balaban J connectivity index is 1.52. The van der Waals surface area contributed by atoms with Gasteiger partial charge >= 0.3 is 5.97 Å². The second-order valence-corrected chi connectivity index (χ2v) is 8.67. The molecule has 1 fully saturated rings. The van der Waals surface area contributed by atoms with Gasteiger partial charge in [0.05, 0.1) is 24.0 Å². The highest BCUT2D eigenvalue weighted by Gasteiger charge is 2.26. The molecule has 0 aliphatic carbocycles. The first-order chi connectivity index (χ1) is 15.9. The molecule has 8 heteroatoms. The van der Waals surface area contributed by atoms with Crippen molar-refractivity contribution in [3.05, 3.63) is 75.2 Å². The van der Waals surface area contributed by atoms with Gasteiger partial charge < -0.3 is 14.2 Å². The first-order valence-corrected chi connectivity index (χ1v) is 11.5. The maximum Gasteiger partial charge on any atom is 0.306 e. The molecule has 0 saturated carbocycles. The largest absolute Gasteiger partial charge is 0.453 e. The molecule has 0 bridgehead atoms. The Morgan fingerprint density at radius 1 is 1.12 bits per heavy atom. The number of halogens is 1. The minimum atomic E-state index is -0.839. The summed E-state index contributed by atoms with van der Waals surface area (Å²) in [5.74, 6) is -0.707. The number of rotatable bonds is 7. The van der Waals surface area contributed by atoms with E-state index in [1.54, 1.807) is 34.6 Å². The lowest BCUT2D eigenvalue weighted by atomic mass is 10.2. The first kappa shape index (κ1) is 23.0. The maximum absolute atomic E-state index is 13.2. The van der Waals surface area contributed by atoms with Crippen molar-refractivity contribution >= 4 is 34.5 Å². The molecular weight excluding hydrogens is 442 g/mol. The zero-order valence-electron chi connectivity index (χ0n) is 18.5. The third kappa shape index (κ3) is 5.42. The lowest BCUT2D eigenvalue weighted by Gasteiger charge is -2.20. The molecule has 1 aromatic heterocycles. The smallest absolute Gasteiger partial charge is 0.306 e. The second kappa shape index (κ2) is 10.2. The lowest BCUT2D eigenvalue weighted by Crippen LogP contribution is -2.38. The molecule has 1 saturated heterocycles. The van der Waals surface area contributed by atoms with Crippen LogP contribution in [0.25, 0.3) is 11.0 Å². The Kier molecular flexibility index (Phi) is 7.08. The Labute approximate surface area is 196 Å². The molecule has 2 heterocycles. The molecule has 2 aromatic carbocycles. The van der Waals surface area contributed by atoms with Crippen LogP contribution in [-0.4, -0.2) is 45.5 Å². The van der Waals surface area contributed by atoms with Gasteiger partial charge in [0.15, 0.2) is 6.10 Å². The Morgan fingerprint density at radius 2 is 1.85 bits per heavy atom. The zero-order chi connectivity index (χ0) is 23.4. The van der Waals surface area contributed by atoms with E-state index < -0.39 is 12.1 Å². The Bertz CT molecular complexity index is 1220. The SMILES string of the molecule is C[C@H](OC(=O)CCc1nc2cc(Cl)ccc2n(Cc2ccccc2)c1=O)C(=O)N1CCCC1. The summed E-state index contributed by atoms with van der Waals surface area (Å²) in [6.07, 6.45) is 1.17. The van der Waals surface area contributed by atoms with Crippen LogP contribution in [-0.2, 0) is 27.3 Å². The van der Waals surface area contributed by atoms with Gasteiger partial charge in [0.2, 0.25) is 0 Å². The van der Waals surface area contributed by atoms with Crippen molar-refractivity contribution in [1.29, 1.82) is 0 Å². The Morgan fingerprint density at radius 3 is 2.58 bits per heavy atom. The number of esters is 1. The molecule has 0 radical (unpaired) electrons. The van der Waals surface area contributed by atoms with Gasteiger partial charge in [-0.15, -0.1) is 0 Å². The van der Waals surface area contributed by atoms with Gasteiger partial charge in [-0.3, -0.25) is 14.4 Å². The van der Waals surface area contributed by atoms with E-state index in [0.717, 1.165) is 18.4 Å². The number of aryl methyl sites for hydroxylation is 1. The molecule has 0 unspecified atom stereocenters. The predicted molar refractivity (Wildman–Crippen MR) is 126 cm³/mol. The van der Waals surface area contributed by atoms with Crippen LogP contribution < -0.4 is 5.56 Å². The number of amides is 1. The molecule has 3 aromatic rings. The average molecular weight is 468 g/mol. The number of benzene rings is 2. The van der Waals surface area contributed by atoms with Crippen LogP contribution in [0, 0.1) is 0 Å². The first-order valence-electron chi connectivity index (χ1n) is 11.1. The van der Waals surface area contributed by atoms with Gasteiger partial charge in [-0.2, -0.15) is 0 Å². The number of carbonyl (C=O) groups excluding carboxylic acids is 2. The molecule has 1 aliphatic heterocycles. The fraction of sp³-hybridized carbons (Fsp3) is 0.360. The summed E-state index contributed by atoms with van der Waals surface area (Å²) >= 11 is 6.15. The van der Waals surface area contributed by atoms with E-state index in [2.05, 4.69) is 4.98 Å². The van der Waals surface area contributed by atoms with Gasteiger partial charge in [0.1, 0.15) is 5.69 Å². The number of carbonyl (C=O) groups is 2. The van der Waals surface area contributed by atoms with Crippen LogP contribution in [0.4, 0.5) is 0 Å². The van der Waals surface area contributed by atoms with E-state index >= 15 is 0 Å². The van der Waals surface area contributed by atoms with Gasteiger partial charge in [-0.25, -0.2) is 4.98 Å². The molecule has 0 spiro atoms. The van der Waals surface area contributed by atoms with E-state index in [4.69, 9.17) is 16.3 Å². The molecule has 0 N–H and O–H groups in total. The molecule has 33 heavy (non-hydrogen) atoms. The van der Waals surface area contributed by atoms with E-state index in [9.17, 15) is 14.4 Å². The quantitative estimate of drug-likeness (QED) is 0.496. The average Bonchev–Trinajstić information content (AvgIpc) is 3.35. The minimum absolute atomic E-state index is 0.0444. The monoisotopic (exact) mass is 467 g/mol. The van der Waals surface area contributed by atoms with Crippen molar-refractivity contribution < 1.29 is 14.3 Å². The topological polar surface area (TPSA) is 81.5 Å². The number of ether oxygens (including phenoxy) is 1. The summed E-state index contributed by atoms with van der Waals surface area (Å²) in [7, 11) is 0. The van der Waals surface area contributed by atoms with Gasteiger partial charge in [-0.1, -0.05) is 41.9 Å². The van der Waals surface area contributed by atoms with Crippen molar-refractivity contribution in [2.24, 2.45) is 0 Å². The van der Waals surface area contributed by atoms with Gasteiger partial charge in [-0.05, 0) is 43.5 Å². The molecule has 1 amide bonds. The summed E-state index contributed by atoms with van der Waals surface area (Å²) in [6, 6.07) is 14.9. The number of hydrogen-bond acceptors (Lipinski definition) is 5. The van der Waals surface area contributed by atoms with Gasteiger partial charge in [0.25, 0.3) is 11.5 Å². The van der Waals surface area contributed by atoms with Crippen molar-refractivity contribution in [1.82, 2.24) is 14.5 Å². The minimum Gasteiger partial charge on any atom is -0.453 e. The fourth-order valence-corrected chi connectivity index (χ4v) is 4.25. The summed E-state index contributed by atoms with van der Waals surface area (Å²) in [6.45, 7) is 3.36. The molecule has 1 aliphatic rings. The van der Waals surface area contributed by atoms with Crippen molar-refractivity contribution in [3.8, 4) is 0 Å². The van der Waals surface area contributed by atoms with Crippen LogP contribution in [0.3, 0.4) is 0 Å². The van der Waals surface area contributed by atoms with E-state index in [1.165, 1.54) is 0 Å². The molecule has 172 valence electrons. The lowest BCUT2D eigenvalue weighted by molar-refractivity contribution is -0.158. The number of fused-ring (bicyclic) bond motifs is 1. The van der Waals surface area contributed by atoms with Crippen molar-refractivity contribution in [3.63, 3.8) is 0 Å². The number of likely N-dealkylation sites (tertiary alicyclic amines) is 1. The molecule has 7 nitrogen and oxygen atoms in total.